The van der Waals surface area contributed by atoms with Gasteiger partial charge in [0, 0.05) is 43.0 Å². The molecule has 0 fully saturated rings. The summed E-state index contributed by atoms with van der Waals surface area (Å²) in [6.07, 6.45) is 4.79. The number of aromatic nitrogens is 4. The topological polar surface area (TPSA) is 245 Å². The highest BCUT2D eigenvalue weighted by atomic mass is 16.4. The van der Waals surface area contributed by atoms with Crippen molar-refractivity contribution in [2.45, 2.75) is 49.9 Å². The molecule has 4 atom stereocenters. The number of aromatic amines is 2. The van der Waals surface area contributed by atoms with Crippen molar-refractivity contribution in [3.8, 4) is 0 Å². The molecule has 0 aliphatic carbocycles. The second-order valence-corrected chi connectivity index (χ2v) is 8.98. The lowest BCUT2D eigenvalue weighted by Gasteiger charge is -2.24. The van der Waals surface area contributed by atoms with Crippen LogP contribution in [0.3, 0.4) is 0 Å². The third kappa shape index (κ3) is 9.05. The van der Waals surface area contributed by atoms with Crippen LogP contribution in [0.1, 0.15) is 23.4 Å². The lowest BCUT2D eigenvalue weighted by molar-refractivity contribution is -0.143. The van der Waals surface area contributed by atoms with Gasteiger partial charge >= 0.3 is 11.9 Å². The van der Waals surface area contributed by atoms with Crippen molar-refractivity contribution in [1.82, 2.24) is 35.9 Å². The van der Waals surface area contributed by atoms with Gasteiger partial charge in [-0.25, -0.2) is 14.8 Å². The number of carbonyl (C=O) groups is 5. The molecule has 0 radical (unpaired) electrons. The third-order valence-electron chi connectivity index (χ3n) is 5.85. The van der Waals surface area contributed by atoms with E-state index in [9.17, 15) is 34.2 Å². The van der Waals surface area contributed by atoms with Crippen molar-refractivity contribution in [3.63, 3.8) is 0 Å². The minimum absolute atomic E-state index is 0.00811. The van der Waals surface area contributed by atoms with Crippen LogP contribution in [-0.2, 0) is 43.2 Å². The maximum Gasteiger partial charge on any atom is 0.326 e. The molecular formula is C25H30N8O7. The van der Waals surface area contributed by atoms with Crippen molar-refractivity contribution in [2.24, 2.45) is 5.73 Å². The Bertz CT molecular complexity index is 1280. The summed E-state index contributed by atoms with van der Waals surface area (Å²) in [4.78, 5) is 75.5. The third-order valence-corrected chi connectivity index (χ3v) is 5.85. The van der Waals surface area contributed by atoms with Crippen molar-refractivity contribution in [2.75, 3.05) is 0 Å². The molecule has 3 amide bonds. The Morgan fingerprint density at radius 3 is 1.85 bits per heavy atom. The Labute approximate surface area is 228 Å². The molecule has 15 nitrogen and oxygen atoms in total. The zero-order valence-electron chi connectivity index (χ0n) is 21.2. The van der Waals surface area contributed by atoms with Gasteiger partial charge in [0.15, 0.2) is 0 Å². The van der Waals surface area contributed by atoms with Gasteiger partial charge in [-0.3, -0.25) is 19.2 Å². The quantitative estimate of drug-likeness (QED) is 0.108. The number of nitrogens with one attached hydrogen (secondary N) is 5. The molecule has 1 aromatic carbocycles. The lowest BCUT2D eigenvalue weighted by atomic mass is 10.0. The number of carbonyl (C=O) groups excluding carboxylic acids is 3. The van der Waals surface area contributed by atoms with E-state index in [-0.39, 0.29) is 19.3 Å². The summed E-state index contributed by atoms with van der Waals surface area (Å²) in [5.41, 5.74) is 7.71. The number of benzene rings is 1. The molecule has 9 N–H and O–H groups in total. The van der Waals surface area contributed by atoms with Crippen LogP contribution >= 0.6 is 0 Å². The second kappa shape index (κ2) is 14.2. The zero-order chi connectivity index (χ0) is 29.1. The van der Waals surface area contributed by atoms with Gasteiger partial charge in [-0.1, -0.05) is 30.3 Å². The van der Waals surface area contributed by atoms with E-state index in [1.165, 1.54) is 25.0 Å². The van der Waals surface area contributed by atoms with E-state index in [2.05, 4.69) is 35.9 Å². The molecule has 0 aliphatic rings. The SMILES string of the molecule is NC(Cc1cnc[nH]1)C(=O)NC(Cc1ccccc1)C(=O)NC(CC(=O)O)C(=O)NC(Cc1cnc[nH]1)C(=O)O. The predicted octanol–water partition coefficient (Wildman–Crippen LogP) is -1.50. The van der Waals surface area contributed by atoms with E-state index in [1.54, 1.807) is 30.3 Å². The van der Waals surface area contributed by atoms with Crippen LogP contribution in [0.4, 0.5) is 0 Å². The van der Waals surface area contributed by atoms with Gasteiger partial charge in [0.2, 0.25) is 17.7 Å². The fourth-order valence-electron chi connectivity index (χ4n) is 3.81. The monoisotopic (exact) mass is 554 g/mol. The average Bonchev–Trinajstić information content (AvgIpc) is 3.62. The van der Waals surface area contributed by atoms with Crippen LogP contribution in [0.25, 0.3) is 0 Å². The summed E-state index contributed by atoms with van der Waals surface area (Å²) < 4.78 is 0. The molecule has 0 bridgehead atoms. The number of nitrogens with zero attached hydrogens (tertiary/aromatic N) is 2. The molecule has 2 heterocycles. The summed E-state index contributed by atoms with van der Waals surface area (Å²) in [6.45, 7) is 0. The second-order valence-electron chi connectivity index (χ2n) is 8.98. The number of aliphatic carboxylic acids is 2. The van der Waals surface area contributed by atoms with Crippen LogP contribution in [0.2, 0.25) is 0 Å². The maximum atomic E-state index is 13.3. The summed E-state index contributed by atoms with van der Waals surface area (Å²) in [5.74, 6) is -5.32. The number of carboxylic acid groups (broad SMARTS) is 2. The number of rotatable bonds is 15. The molecule has 0 aliphatic heterocycles. The van der Waals surface area contributed by atoms with Gasteiger partial charge in [-0.2, -0.15) is 0 Å². The van der Waals surface area contributed by atoms with Crippen molar-refractivity contribution in [3.05, 3.63) is 72.3 Å². The van der Waals surface area contributed by atoms with Gasteiger partial charge in [0.05, 0.1) is 25.1 Å². The number of hydrogen-bond donors (Lipinski definition) is 8. The molecule has 40 heavy (non-hydrogen) atoms. The minimum atomic E-state index is -1.64. The van der Waals surface area contributed by atoms with Crippen LogP contribution in [-0.4, -0.2) is 84.0 Å². The molecule has 0 spiro atoms. The van der Waals surface area contributed by atoms with Gasteiger partial charge < -0.3 is 41.9 Å². The summed E-state index contributed by atoms with van der Waals surface area (Å²) in [5, 5.41) is 26.1. The highest BCUT2D eigenvalue weighted by Gasteiger charge is 2.32. The van der Waals surface area contributed by atoms with E-state index in [4.69, 9.17) is 5.73 Å². The molecule has 15 heteroatoms. The first-order valence-electron chi connectivity index (χ1n) is 12.2. The largest absolute Gasteiger partial charge is 0.481 e. The van der Waals surface area contributed by atoms with E-state index < -0.39 is 60.2 Å². The van der Waals surface area contributed by atoms with Crippen molar-refractivity contribution in [1.29, 1.82) is 0 Å². The molecular weight excluding hydrogens is 524 g/mol. The summed E-state index contributed by atoms with van der Waals surface area (Å²) in [6, 6.07) is 3.37. The van der Waals surface area contributed by atoms with Gasteiger partial charge in [0.25, 0.3) is 0 Å². The molecule has 0 saturated carbocycles. The standard InChI is InChI=1S/C25H30N8O7/c26-17(7-15-10-27-12-29-15)22(36)31-18(6-14-4-2-1-3-5-14)23(37)32-19(9-21(34)35)24(38)33-20(25(39)40)8-16-11-28-13-30-16/h1-5,10-13,17-20H,6-9,26H2,(H,27,29)(H,28,30)(H,31,36)(H,32,37)(H,33,38)(H,34,35)(H,39,40). The number of amides is 3. The maximum absolute atomic E-state index is 13.3. The minimum Gasteiger partial charge on any atom is -0.481 e. The Kier molecular flexibility index (Phi) is 10.5. The molecule has 3 aromatic rings. The summed E-state index contributed by atoms with van der Waals surface area (Å²) >= 11 is 0. The van der Waals surface area contributed by atoms with E-state index >= 15 is 0 Å². The van der Waals surface area contributed by atoms with Crippen LogP contribution in [0.5, 0.6) is 0 Å². The molecule has 2 aromatic heterocycles. The average molecular weight is 555 g/mol. The van der Waals surface area contributed by atoms with Crippen LogP contribution in [0.15, 0.2) is 55.4 Å². The smallest absolute Gasteiger partial charge is 0.326 e. The molecule has 3 rings (SSSR count). The molecule has 0 saturated heterocycles. The first kappa shape index (κ1) is 29.5. The van der Waals surface area contributed by atoms with E-state index in [0.29, 0.717) is 17.0 Å². The fourth-order valence-corrected chi connectivity index (χ4v) is 3.81. The molecule has 212 valence electrons. The van der Waals surface area contributed by atoms with E-state index in [0.717, 1.165) is 0 Å². The van der Waals surface area contributed by atoms with Crippen LogP contribution < -0.4 is 21.7 Å². The lowest BCUT2D eigenvalue weighted by Crippen LogP contribution is -2.58. The Morgan fingerprint density at radius 1 is 0.750 bits per heavy atom. The number of imidazole rings is 2. The Hall–Kier alpha value is -5.05. The number of hydrogen-bond acceptors (Lipinski definition) is 8. The highest BCUT2D eigenvalue weighted by Crippen LogP contribution is 2.07. The van der Waals surface area contributed by atoms with E-state index in [1.807, 2.05) is 0 Å². The number of H-pyrrole nitrogens is 2. The first-order chi connectivity index (χ1) is 19.1. The predicted molar refractivity (Wildman–Crippen MR) is 138 cm³/mol. The van der Waals surface area contributed by atoms with Crippen molar-refractivity contribution < 1.29 is 34.2 Å². The number of nitrogens with two attached hydrogens (primary N) is 1. The summed E-state index contributed by atoms with van der Waals surface area (Å²) in [7, 11) is 0. The first-order valence-corrected chi connectivity index (χ1v) is 12.2. The normalized spacial score (nSPS) is 13.8. The fraction of sp³-hybridized carbons (Fsp3) is 0.320. The molecule has 4 unspecified atom stereocenters. The van der Waals surface area contributed by atoms with Crippen molar-refractivity contribution >= 4 is 29.7 Å². The Balaban J connectivity index is 1.75. The van der Waals surface area contributed by atoms with Gasteiger partial charge in [-0.05, 0) is 5.56 Å². The van der Waals surface area contributed by atoms with Gasteiger partial charge in [0.1, 0.15) is 18.1 Å². The van der Waals surface area contributed by atoms with Crippen LogP contribution in [0, 0.1) is 0 Å². The Morgan fingerprint density at radius 2 is 1.30 bits per heavy atom. The number of carboxylic acids is 2. The van der Waals surface area contributed by atoms with Gasteiger partial charge in [-0.15, -0.1) is 0 Å². The highest BCUT2D eigenvalue weighted by molar-refractivity contribution is 5.95. The zero-order valence-corrected chi connectivity index (χ0v) is 21.2.